The Morgan fingerprint density at radius 1 is 1.25 bits per heavy atom. The van der Waals surface area contributed by atoms with Crippen LogP contribution in [0.25, 0.3) is 0 Å². The van der Waals surface area contributed by atoms with Gasteiger partial charge in [-0.1, -0.05) is 19.9 Å². The molecule has 5 nitrogen and oxygen atoms in total. The van der Waals surface area contributed by atoms with E-state index in [2.05, 4.69) is 19.2 Å². The van der Waals surface area contributed by atoms with E-state index in [-0.39, 0.29) is 16.8 Å². The third-order valence-corrected chi connectivity index (χ3v) is 3.89. The zero-order valence-corrected chi connectivity index (χ0v) is 12.9. The number of nitrogens with two attached hydrogens (primary N) is 1. The van der Waals surface area contributed by atoms with E-state index in [1.165, 1.54) is 18.2 Å². The molecule has 1 aromatic carbocycles. The molecule has 1 unspecified atom stereocenters. The van der Waals surface area contributed by atoms with E-state index >= 15 is 0 Å². The summed E-state index contributed by atoms with van der Waals surface area (Å²) in [5.74, 6) is 0.298. The van der Waals surface area contributed by atoms with Gasteiger partial charge in [0.1, 0.15) is 0 Å². The number of primary sulfonamides is 1. The quantitative estimate of drug-likeness (QED) is 0.840. The second-order valence-electron chi connectivity index (χ2n) is 5.42. The lowest BCUT2D eigenvalue weighted by Crippen LogP contribution is -2.32. The van der Waals surface area contributed by atoms with Crippen molar-refractivity contribution in [2.45, 2.75) is 44.6 Å². The van der Waals surface area contributed by atoms with Crippen LogP contribution >= 0.6 is 0 Å². The average Bonchev–Trinajstić information content (AvgIpc) is 2.35. The molecule has 0 fully saturated rings. The largest absolute Gasteiger partial charge is 0.350 e. The standard InChI is InChI=1S/C14H22N2O3S/c1-10(2)7-8-11(3)16-14(17)12-5-4-6-13(9-12)20(15,18)19/h4-6,9-11H,7-8H2,1-3H3,(H,16,17)(H2,15,18,19). The molecule has 0 bridgehead atoms. The van der Waals surface area contributed by atoms with Gasteiger partial charge in [0.05, 0.1) is 4.90 Å². The molecule has 0 heterocycles. The van der Waals surface area contributed by atoms with Crippen LogP contribution in [0.2, 0.25) is 0 Å². The Labute approximate surface area is 120 Å². The Bertz CT molecular complexity index is 568. The monoisotopic (exact) mass is 298 g/mol. The van der Waals surface area contributed by atoms with Crippen LogP contribution in [-0.2, 0) is 10.0 Å². The van der Waals surface area contributed by atoms with E-state index in [0.29, 0.717) is 11.5 Å². The molecule has 1 atom stereocenters. The van der Waals surface area contributed by atoms with E-state index in [9.17, 15) is 13.2 Å². The molecule has 0 aromatic heterocycles. The van der Waals surface area contributed by atoms with E-state index in [4.69, 9.17) is 5.14 Å². The molecule has 20 heavy (non-hydrogen) atoms. The van der Waals surface area contributed by atoms with E-state index in [1.54, 1.807) is 6.07 Å². The normalized spacial score (nSPS) is 13.2. The van der Waals surface area contributed by atoms with Crippen LogP contribution in [0.5, 0.6) is 0 Å². The Hall–Kier alpha value is -1.40. The van der Waals surface area contributed by atoms with Crippen LogP contribution in [0.4, 0.5) is 0 Å². The Morgan fingerprint density at radius 3 is 2.45 bits per heavy atom. The maximum atomic E-state index is 12.0. The molecule has 0 aliphatic carbocycles. The predicted molar refractivity (Wildman–Crippen MR) is 78.8 cm³/mol. The SMILES string of the molecule is CC(C)CCC(C)NC(=O)c1cccc(S(N)(=O)=O)c1. The van der Waals surface area contributed by atoms with Crippen molar-refractivity contribution in [1.82, 2.24) is 5.32 Å². The molecule has 0 radical (unpaired) electrons. The van der Waals surface area contributed by atoms with Crippen LogP contribution in [0.1, 0.15) is 44.0 Å². The van der Waals surface area contributed by atoms with Crippen LogP contribution < -0.4 is 10.5 Å². The number of carbonyl (C=O) groups excluding carboxylic acids is 1. The Morgan fingerprint density at radius 2 is 1.90 bits per heavy atom. The molecule has 0 saturated carbocycles. The number of hydrogen-bond acceptors (Lipinski definition) is 3. The summed E-state index contributed by atoms with van der Waals surface area (Å²) in [6.45, 7) is 6.19. The van der Waals surface area contributed by atoms with Crippen molar-refractivity contribution in [3.8, 4) is 0 Å². The van der Waals surface area contributed by atoms with Gasteiger partial charge in [0.25, 0.3) is 5.91 Å². The first-order valence-electron chi connectivity index (χ1n) is 6.64. The summed E-state index contributed by atoms with van der Waals surface area (Å²) in [5, 5.41) is 7.90. The molecule has 1 amide bonds. The molecule has 6 heteroatoms. The lowest BCUT2D eigenvalue weighted by Gasteiger charge is -2.15. The van der Waals surface area contributed by atoms with Gasteiger partial charge >= 0.3 is 0 Å². The Balaban J connectivity index is 2.73. The second kappa shape index (κ2) is 6.85. The zero-order chi connectivity index (χ0) is 15.3. The zero-order valence-electron chi connectivity index (χ0n) is 12.1. The van der Waals surface area contributed by atoms with Gasteiger partial charge in [0.15, 0.2) is 0 Å². The minimum Gasteiger partial charge on any atom is -0.350 e. The highest BCUT2D eigenvalue weighted by atomic mass is 32.2. The fourth-order valence-electron chi connectivity index (χ4n) is 1.78. The summed E-state index contributed by atoms with van der Waals surface area (Å²) < 4.78 is 22.5. The number of hydrogen-bond donors (Lipinski definition) is 2. The molecule has 1 aromatic rings. The number of benzene rings is 1. The summed E-state index contributed by atoms with van der Waals surface area (Å²) in [5.41, 5.74) is 0.299. The van der Waals surface area contributed by atoms with Crippen molar-refractivity contribution < 1.29 is 13.2 Å². The smallest absolute Gasteiger partial charge is 0.251 e. The van der Waals surface area contributed by atoms with Gasteiger partial charge in [-0.2, -0.15) is 0 Å². The van der Waals surface area contributed by atoms with Gasteiger partial charge in [0, 0.05) is 11.6 Å². The van der Waals surface area contributed by atoms with E-state index < -0.39 is 10.0 Å². The van der Waals surface area contributed by atoms with Crippen LogP contribution in [0.15, 0.2) is 29.2 Å². The van der Waals surface area contributed by atoms with Gasteiger partial charge < -0.3 is 5.32 Å². The fourth-order valence-corrected chi connectivity index (χ4v) is 2.34. The lowest BCUT2D eigenvalue weighted by molar-refractivity contribution is 0.0937. The summed E-state index contributed by atoms with van der Waals surface area (Å²) in [6.07, 6.45) is 1.91. The van der Waals surface area contributed by atoms with Crippen molar-refractivity contribution in [2.75, 3.05) is 0 Å². The Kier molecular flexibility index (Phi) is 5.71. The van der Waals surface area contributed by atoms with Gasteiger partial charge in [-0.15, -0.1) is 0 Å². The topological polar surface area (TPSA) is 89.3 Å². The summed E-state index contributed by atoms with van der Waals surface area (Å²) >= 11 is 0. The van der Waals surface area contributed by atoms with E-state index in [0.717, 1.165) is 12.8 Å². The van der Waals surface area contributed by atoms with Crippen molar-refractivity contribution in [3.63, 3.8) is 0 Å². The molecule has 0 saturated heterocycles. The molecular weight excluding hydrogens is 276 g/mol. The van der Waals surface area contributed by atoms with Gasteiger partial charge in [-0.05, 0) is 43.9 Å². The first kappa shape index (κ1) is 16.7. The van der Waals surface area contributed by atoms with Gasteiger partial charge in [-0.3, -0.25) is 4.79 Å². The number of rotatable bonds is 6. The fraction of sp³-hybridized carbons (Fsp3) is 0.500. The number of sulfonamides is 1. The van der Waals surface area contributed by atoms with E-state index in [1.807, 2.05) is 6.92 Å². The number of carbonyl (C=O) groups is 1. The predicted octanol–water partition coefficient (Wildman–Crippen LogP) is 1.89. The summed E-state index contributed by atoms with van der Waals surface area (Å²) in [4.78, 5) is 12.0. The first-order chi connectivity index (χ1) is 9.20. The molecule has 3 N–H and O–H groups in total. The molecule has 0 aliphatic heterocycles. The van der Waals surface area contributed by atoms with Gasteiger partial charge in [0.2, 0.25) is 10.0 Å². The molecule has 0 spiro atoms. The second-order valence-corrected chi connectivity index (χ2v) is 6.98. The highest BCUT2D eigenvalue weighted by Gasteiger charge is 2.14. The summed E-state index contributed by atoms with van der Waals surface area (Å²) in [7, 11) is -3.79. The maximum absolute atomic E-state index is 12.0. The molecular formula is C14H22N2O3S. The first-order valence-corrected chi connectivity index (χ1v) is 8.18. The van der Waals surface area contributed by atoms with Gasteiger partial charge in [-0.25, -0.2) is 13.6 Å². The summed E-state index contributed by atoms with van der Waals surface area (Å²) in [6, 6.07) is 5.78. The molecule has 0 aliphatic rings. The minimum atomic E-state index is -3.79. The van der Waals surface area contributed by atoms with Crippen molar-refractivity contribution in [2.24, 2.45) is 11.1 Å². The van der Waals surface area contributed by atoms with Crippen molar-refractivity contribution in [1.29, 1.82) is 0 Å². The van der Waals surface area contributed by atoms with Crippen LogP contribution in [-0.4, -0.2) is 20.4 Å². The van der Waals surface area contributed by atoms with Crippen LogP contribution in [0.3, 0.4) is 0 Å². The average molecular weight is 298 g/mol. The third-order valence-electron chi connectivity index (χ3n) is 2.98. The maximum Gasteiger partial charge on any atom is 0.251 e. The highest BCUT2D eigenvalue weighted by molar-refractivity contribution is 7.89. The van der Waals surface area contributed by atoms with Crippen molar-refractivity contribution >= 4 is 15.9 Å². The molecule has 112 valence electrons. The minimum absolute atomic E-state index is 0.0445. The van der Waals surface area contributed by atoms with Crippen molar-refractivity contribution in [3.05, 3.63) is 29.8 Å². The third kappa shape index (κ3) is 5.30. The number of amides is 1. The lowest BCUT2D eigenvalue weighted by atomic mass is 10.0. The van der Waals surface area contributed by atoms with Crippen LogP contribution in [0, 0.1) is 5.92 Å². The molecule has 1 rings (SSSR count). The number of nitrogens with one attached hydrogen (secondary N) is 1. The highest BCUT2D eigenvalue weighted by Crippen LogP contribution is 2.11.